The van der Waals surface area contributed by atoms with E-state index in [0.29, 0.717) is 13.0 Å². The first-order valence-electron chi connectivity index (χ1n) is 9.62. The molecule has 1 atom stereocenters. The number of piperazine rings is 1. The summed E-state index contributed by atoms with van der Waals surface area (Å²) in [7, 11) is 0. The van der Waals surface area contributed by atoms with E-state index in [4.69, 9.17) is 0 Å². The van der Waals surface area contributed by atoms with Crippen molar-refractivity contribution in [2.24, 2.45) is 5.92 Å². The van der Waals surface area contributed by atoms with Crippen molar-refractivity contribution in [3.05, 3.63) is 46.7 Å². The van der Waals surface area contributed by atoms with Crippen molar-refractivity contribution < 1.29 is 9.59 Å². The lowest BCUT2D eigenvalue weighted by Crippen LogP contribution is -2.50. The molecule has 1 aromatic heterocycles. The second kappa shape index (κ2) is 8.68. The summed E-state index contributed by atoms with van der Waals surface area (Å²) < 4.78 is 0. The van der Waals surface area contributed by atoms with Crippen LogP contribution in [0.2, 0.25) is 0 Å². The smallest absolute Gasteiger partial charge is 0.228 e. The van der Waals surface area contributed by atoms with Crippen LogP contribution in [0.1, 0.15) is 11.3 Å². The molecule has 2 amide bonds. The molecule has 0 N–H and O–H groups in total. The fourth-order valence-electron chi connectivity index (χ4n) is 3.89. The largest absolute Gasteiger partial charge is 0.340 e. The molecule has 0 aliphatic carbocycles. The lowest BCUT2D eigenvalue weighted by atomic mass is 10.1. The summed E-state index contributed by atoms with van der Waals surface area (Å²) in [6.07, 6.45) is 2.35. The molecular weight excluding hydrogens is 390 g/mol. The van der Waals surface area contributed by atoms with E-state index < -0.39 is 0 Å². The molecule has 3 heterocycles. The summed E-state index contributed by atoms with van der Waals surface area (Å²) in [5.74, 6) is -0.0458. The van der Waals surface area contributed by atoms with Gasteiger partial charge in [-0.2, -0.15) is 0 Å². The highest BCUT2D eigenvalue weighted by Crippen LogP contribution is 2.28. The number of rotatable bonds is 5. The summed E-state index contributed by atoms with van der Waals surface area (Å²) in [5.41, 5.74) is 0.888. The Kier molecular flexibility index (Phi) is 6.04. The van der Waals surface area contributed by atoms with Gasteiger partial charge in [-0.25, -0.2) is 0 Å². The van der Waals surface area contributed by atoms with Gasteiger partial charge in [0.05, 0.1) is 5.92 Å². The molecule has 0 spiro atoms. The van der Waals surface area contributed by atoms with E-state index in [1.807, 2.05) is 35.4 Å². The Bertz CT molecular complexity index is 815. The van der Waals surface area contributed by atoms with Crippen LogP contribution >= 0.6 is 23.1 Å². The van der Waals surface area contributed by atoms with Gasteiger partial charge in [0.2, 0.25) is 11.8 Å². The summed E-state index contributed by atoms with van der Waals surface area (Å²) >= 11 is 3.46. The first-order valence-corrected chi connectivity index (χ1v) is 11.7. The standard InChI is InChI=1S/C21H25N3O2S2/c1-27-18-6-4-17(5-7-18)24-14-16(13-20(24)25)21(26)23-10-8-22(9-11-23)15-19-3-2-12-28-19/h2-7,12,16H,8-11,13-15H2,1H3/t16-/m0/s1. The molecule has 2 aromatic rings. The van der Waals surface area contributed by atoms with Crippen LogP contribution in [-0.2, 0) is 16.1 Å². The van der Waals surface area contributed by atoms with E-state index in [-0.39, 0.29) is 17.7 Å². The second-order valence-corrected chi connectivity index (χ2v) is 9.20. The molecule has 0 unspecified atom stereocenters. The maximum atomic E-state index is 13.0. The van der Waals surface area contributed by atoms with E-state index in [1.165, 1.54) is 9.77 Å². The first-order chi connectivity index (χ1) is 13.6. The van der Waals surface area contributed by atoms with Crippen LogP contribution in [-0.4, -0.2) is 60.6 Å². The zero-order valence-corrected chi connectivity index (χ0v) is 17.7. The van der Waals surface area contributed by atoms with Crippen LogP contribution in [0, 0.1) is 5.92 Å². The predicted octanol–water partition coefficient (Wildman–Crippen LogP) is 3.17. The highest BCUT2D eigenvalue weighted by Gasteiger charge is 2.37. The summed E-state index contributed by atoms with van der Waals surface area (Å²) in [6.45, 7) is 4.73. The number of carbonyl (C=O) groups is 2. The average molecular weight is 416 g/mol. The SMILES string of the molecule is CSc1ccc(N2C[C@@H](C(=O)N3CCN(Cc4cccs4)CC3)CC2=O)cc1. The summed E-state index contributed by atoms with van der Waals surface area (Å²) in [4.78, 5) is 34.1. The van der Waals surface area contributed by atoms with Crippen LogP contribution in [0.15, 0.2) is 46.7 Å². The number of thioether (sulfide) groups is 1. The van der Waals surface area contributed by atoms with Crippen LogP contribution in [0.25, 0.3) is 0 Å². The van der Waals surface area contributed by atoms with Crippen molar-refractivity contribution in [2.75, 3.05) is 43.9 Å². The zero-order valence-electron chi connectivity index (χ0n) is 16.0. The Hall–Kier alpha value is -1.83. The minimum Gasteiger partial charge on any atom is -0.340 e. The summed E-state index contributed by atoms with van der Waals surface area (Å²) in [6, 6.07) is 12.2. The van der Waals surface area contributed by atoms with E-state index in [9.17, 15) is 9.59 Å². The predicted molar refractivity (Wildman–Crippen MR) is 115 cm³/mol. The normalized spacial score (nSPS) is 20.8. The molecule has 1 aromatic carbocycles. The minimum absolute atomic E-state index is 0.0478. The van der Waals surface area contributed by atoms with Gasteiger partial charge in [-0.1, -0.05) is 6.07 Å². The third-order valence-electron chi connectivity index (χ3n) is 5.50. The lowest BCUT2D eigenvalue weighted by molar-refractivity contribution is -0.137. The van der Waals surface area contributed by atoms with Crippen molar-refractivity contribution in [1.82, 2.24) is 9.80 Å². The quantitative estimate of drug-likeness (QED) is 0.704. The van der Waals surface area contributed by atoms with Crippen molar-refractivity contribution >= 4 is 40.6 Å². The van der Waals surface area contributed by atoms with Crippen LogP contribution < -0.4 is 4.90 Å². The molecular formula is C21H25N3O2S2. The van der Waals surface area contributed by atoms with Gasteiger partial charge in [0.25, 0.3) is 0 Å². The van der Waals surface area contributed by atoms with Crippen LogP contribution in [0.3, 0.4) is 0 Å². The first kappa shape index (κ1) is 19.5. The molecule has 2 saturated heterocycles. The van der Waals surface area contributed by atoms with Gasteiger partial charge in [-0.05, 0) is 42.0 Å². The molecule has 0 saturated carbocycles. The monoisotopic (exact) mass is 415 g/mol. The van der Waals surface area contributed by atoms with Gasteiger partial charge in [-0.15, -0.1) is 23.1 Å². The van der Waals surface area contributed by atoms with Gasteiger partial charge >= 0.3 is 0 Å². The van der Waals surface area contributed by atoms with E-state index >= 15 is 0 Å². The number of carbonyl (C=O) groups excluding carboxylic acids is 2. The Balaban J connectivity index is 1.32. The third-order valence-corrected chi connectivity index (χ3v) is 7.11. The van der Waals surface area contributed by atoms with Crippen LogP contribution in [0.4, 0.5) is 5.69 Å². The van der Waals surface area contributed by atoms with Gasteiger partial charge in [0.1, 0.15) is 0 Å². The Labute approximate surface area is 174 Å². The molecule has 0 bridgehead atoms. The van der Waals surface area contributed by atoms with Crippen molar-refractivity contribution in [1.29, 1.82) is 0 Å². The molecule has 2 fully saturated rings. The van der Waals surface area contributed by atoms with Crippen molar-refractivity contribution in [2.45, 2.75) is 17.9 Å². The van der Waals surface area contributed by atoms with E-state index in [2.05, 4.69) is 22.4 Å². The fourth-order valence-corrected chi connectivity index (χ4v) is 5.05. The number of nitrogens with zero attached hydrogens (tertiary/aromatic N) is 3. The van der Waals surface area contributed by atoms with Crippen molar-refractivity contribution in [3.63, 3.8) is 0 Å². The minimum atomic E-state index is -0.225. The van der Waals surface area contributed by atoms with E-state index in [1.54, 1.807) is 28.0 Å². The molecule has 2 aliphatic rings. The molecule has 148 valence electrons. The maximum absolute atomic E-state index is 13.0. The lowest BCUT2D eigenvalue weighted by Gasteiger charge is -2.35. The Morgan fingerprint density at radius 1 is 1.14 bits per heavy atom. The fraction of sp³-hybridized carbons (Fsp3) is 0.429. The third kappa shape index (κ3) is 4.26. The molecule has 5 nitrogen and oxygen atoms in total. The Morgan fingerprint density at radius 3 is 2.54 bits per heavy atom. The molecule has 28 heavy (non-hydrogen) atoms. The number of thiophene rings is 1. The Morgan fingerprint density at radius 2 is 1.89 bits per heavy atom. The number of hydrogen-bond acceptors (Lipinski definition) is 5. The molecule has 7 heteroatoms. The van der Waals surface area contributed by atoms with Gasteiger partial charge < -0.3 is 9.80 Å². The van der Waals surface area contributed by atoms with Gasteiger partial charge in [-0.3, -0.25) is 14.5 Å². The van der Waals surface area contributed by atoms with E-state index in [0.717, 1.165) is 38.4 Å². The van der Waals surface area contributed by atoms with Gasteiger partial charge in [0, 0.05) is 61.1 Å². The maximum Gasteiger partial charge on any atom is 0.228 e. The molecule has 2 aliphatic heterocycles. The van der Waals surface area contributed by atoms with Crippen LogP contribution in [0.5, 0.6) is 0 Å². The second-order valence-electron chi connectivity index (χ2n) is 7.28. The highest BCUT2D eigenvalue weighted by atomic mass is 32.2. The zero-order chi connectivity index (χ0) is 19.5. The van der Waals surface area contributed by atoms with Crippen molar-refractivity contribution in [3.8, 4) is 0 Å². The number of hydrogen-bond donors (Lipinski definition) is 0. The molecule has 4 rings (SSSR count). The number of anilines is 1. The number of amides is 2. The average Bonchev–Trinajstić information content (AvgIpc) is 3.38. The molecule has 0 radical (unpaired) electrons. The summed E-state index contributed by atoms with van der Waals surface area (Å²) in [5, 5.41) is 2.10. The topological polar surface area (TPSA) is 43.9 Å². The number of benzene rings is 1. The van der Waals surface area contributed by atoms with Gasteiger partial charge in [0.15, 0.2) is 0 Å². The highest BCUT2D eigenvalue weighted by molar-refractivity contribution is 7.98.